The van der Waals surface area contributed by atoms with Crippen LogP contribution in [-0.2, 0) is 0 Å². The van der Waals surface area contributed by atoms with E-state index in [1.165, 1.54) is 25.4 Å². The topological polar surface area (TPSA) is 39.4 Å². The number of benzene rings is 1. The van der Waals surface area contributed by atoms with Crippen molar-refractivity contribution < 1.29 is 13.5 Å². The Hall–Kier alpha value is -2.50. The lowest BCUT2D eigenvalue weighted by molar-refractivity contribution is 0.372. The Morgan fingerprint density at radius 2 is 2.00 bits per heavy atom. The van der Waals surface area contributed by atoms with Crippen molar-refractivity contribution in [3.8, 4) is 17.0 Å². The first-order chi connectivity index (χ1) is 9.22. The van der Waals surface area contributed by atoms with Gasteiger partial charge in [-0.25, -0.2) is 9.37 Å². The molecule has 0 fully saturated rings. The minimum absolute atomic E-state index is 0.122. The highest BCUT2D eigenvalue weighted by Crippen LogP contribution is 2.29. The van der Waals surface area contributed by atoms with E-state index in [0.29, 0.717) is 11.3 Å². The van der Waals surface area contributed by atoms with Crippen molar-refractivity contribution in [1.82, 2.24) is 14.4 Å². The van der Waals surface area contributed by atoms with Crippen LogP contribution >= 0.6 is 0 Å². The number of methoxy groups -OCH3 is 1. The fourth-order valence-electron chi connectivity index (χ4n) is 1.93. The van der Waals surface area contributed by atoms with Crippen molar-refractivity contribution in [1.29, 1.82) is 0 Å². The van der Waals surface area contributed by atoms with Crippen LogP contribution in [0.15, 0.2) is 36.9 Å². The smallest absolute Gasteiger partial charge is 0.201 e. The van der Waals surface area contributed by atoms with Crippen LogP contribution in [0.1, 0.15) is 0 Å². The molecule has 0 unspecified atom stereocenters. The second-order valence-corrected chi connectivity index (χ2v) is 3.89. The molecule has 0 saturated heterocycles. The van der Waals surface area contributed by atoms with E-state index in [0.717, 1.165) is 0 Å². The van der Waals surface area contributed by atoms with Gasteiger partial charge in [-0.1, -0.05) is 0 Å². The third kappa shape index (κ3) is 1.72. The van der Waals surface area contributed by atoms with E-state index in [4.69, 9.17) is 4.74 Å². The van der Waals surface area contributed by atoms with E-state index in [-0.39, 0.29) is 11.3 Å². The van der Waals surface area contributed by atoms with Gasteiger partial charge in [0.25, 0.3) is 0 Å². The summed E-state index contributed by atoms with van der Waals surface area (Å²) in [5.74, 6) is -2.10. The van der Waals surface area contributed by atoms with Crippen LogP contribution in [0.5, 0.6) is 5.75 Å². The molecule has 0 aliphatic rings. The minimum atomic E-state index is -1.01. The Labute approximate surface area is 107 Å². The van der Waals surface area contributed by atoms with Gasteiger partial charge in [-0.15, -0.1) is 0 Å². The largest absolute Gasteiger partial charge is 0.494 e. The number of rotatable bonds is 2. The number of halogens is 2. The summed E-state index contributed by atoms with van der Waals surface area (Å²) in [6.45, 7) is 0. The summed E-state index contributed by atoms with van der Waals surface area (Å²) in [5, 5.41) is 0. The SMILES string of the molecule is COc1ccc(-c2cnc3cnccn23)c(F)c1F. The van der Waals surface area contributed by atoms with Crippen LogP contribution in [0, 0.1) is 11.6 Å². The number of hydrogen-bond donors (Lipinski definition) is 0. The molecule has 0 aliphatic carbocycles. The normalized spacial score (nSPS) is 10.9. The van der Waals surface area contributed by atoms with Crippen LogP contribution < -0.4 is 4.74 Å². The molecule has 0 spiro atoms. The van der Waals surface area contributed by atoms with Crippen molar-refractivity contribution in [2.45, 2.75) is 0 Å². The third-order valence-corrected chi connectivity index (χ3v) is 2.86. The van der Waals surface area contributed by atoms with Crippen LogP contribution in [0.2, 0.25) is 0 Å². The number of aromatic nitrogens is 3. The zero-order chi connectivity index (χ0) is 13.4. The average Bonchev–Trinajstić information content (AvgIpc) is 2.86. The fourth-order valence-corrected chi connectivity index (χ4v) is 1.93. The molecule has 2 heterocycles. The summed E-state index contributed by atoms with van der Waals surface area (Å²) in [7, 11) is 1.29. The molecule has 0 aliphatic heterocycles. The summed E-state index contributed by atoms with van der Waals surface area (Å²) < 4.78 is 34.1. The molecule has 1 aromatic carbocycles. The van der Waals surface area contributed by atoms with Gasteiger partial charge in [0.2, 0.25) is 5.82 Å². The predicted molar refractivity (Wildman–Crippen MR) is 64.9 cm³/mol. The monoisotopic (exact) mass is 261 g/mol. The highest BCUT2D eigenvalue weighted by molar-refractivity contribution is 5.65. The van der Waals surface area contributed by atoms with Gasteiger partial charge >= 0.3 is 0 Å². The molecule has 0 radical (unpaired) electrons. The Morgan fingerprint density at radius 3 is 2.79 bits per heavy atom. The molecule has 4 nitrogen and oxygen atoms in total. The minimum Gasteiger partial charge on any atom is -0.494 e. The number of ether oxygens (including phenoxy) is 1. The summed E-state index contributed by atoms with van der Waals surface area (Å²) in [6, 6.07) is 2.84. The van der Waals surface area contributed by atoms with Crippen LogP contribution in [0.4, 0.5) is 8.78 Å². The maximum absolute atomic E-state index is 14.0. The zero-order valence-corrected chi connectivity index (χ0v) is 9.97. The number of fused-ring (bicyclic) bond motifs is 1. The average molecular weight is 261 g/mol. The summed E-state index contributed by atoms with van der Waals surface area (Å²) >= 11 is 0. The summed E-state index contributed by atoms with van der Waals surface area (Å²) in [4.78, 5) is 8.00. The first-order valence-electron chi connectivity index (χ1n) is 5.52. The first kappa shape index (κ1) is 11.6. The molecule has 0 saturated carbocycles. The molecular formula is C13H9F2N3O. The van der Waals surface area contributed by atoms with E-state index in [1.54, 1.807) is 23.0 Å². The molecule has 0 atom stereocenters. The maximum atomic E-state index is 14.0. The summed E-state index contributed by atoms with van der Waals surface area (Å²) in [5.41, 5.74) is 1.14. The van der Waals surface area contributed by atoms with Gasteiger partial charge in [-0.3, -0.25) is 9.38 Å². The van der Waals surface area contributed by atoms with Gasteiger partial charge in [-0.05, 0) is 12.1 Å². The van der Waals surface area contributed by atoms with E-state index >= 15 is 0 Å². The van der Waals surface area contributed by atoms with Gasteiger partial charge in [0.15, 0.2) is 17.2 Å². The van der Waals surface area contributed by atoms with Crippen molar-refractivity contribution >= 4 is 5.65 Å². The second-order valence-electron chi connectivity index (χ2n) is 3.89. The van der Waals surface area contributed by atoms with E-state index < -0.39 is 11.6 Å². The lowest BCUT2D eigenvalue weighted by Crippen LogP contribution is -1.97. The molecule has 3 rings (SSSR count). The van der Waals surface area contributed by atoms with Gasteiger partial charge < -0.3 is 4.74 Å². The number of imidazole rings is 1. The Balaban J connectivity index is 2.25. The lowest BCUT2D eigenvalue weighted by Gasteiger charge is -2.07. The highest BCUT2D eigenvalue weighted by atomic mass is 19.2. The van der Waals surface area contributed by atoms with Crippen molar-refractivity contribution in [3.63, 3.8) is 0 Å². The summed E-state index contributed by atoms with van der Waals surface area (Å²) in [6.07, 6.45) is 6.21. The fraction of sp³-hybridized carbons (Fsp3) is 0.0769. The second kappa shape index (κ2) is 4.31. The van der Waals surface area contributed by atoms with E-state index in [9.17, 15) is 8.78 Å². The Kier molecular flexibility index (Phi) is 2.63. The third-order valence-electron chi connectivity index (χ3n) is 2.86. The van der Waals surface area contributed by atoms with Crippen LogP contribution in [0.3, 0.4) is 0 Å². The Morgan fingerprint density at radius 1 is 1.16 bits per heavy atom. The highest BCUT2D eigenvalue weighted by Gasteiger charge is 2.17. The van der Waals surface area contributed by atoms with Crippen LogP contribution in [-0.4, -0.2) is 21.5 Å². The molecular weight excluding hydrogens is 252 g/mol. The molecule has 3 aromatic rings. The maximum Gasteiger partial charge on any atom is 0.201 e. The van der Waals surface area contributed by atoms with Gasteiger partial charge in [0.1, 0.15) is 0 Å². The number of nitrogens with zero attached hydrogens (tertiary/aromatic N) is 3. The van der Waals surface area contributed by atoms with Crippen molar-refractivity contribution in [2.75, 3.05) is 7.11 Å². The Bertz CT molecular complexity index is 755. The quantitative estimate of drug-likeness (QED) is 0.712. The molecule has 6 heteroatoms. The van der Waals surface area contributed by atoms with Crippen molar-refractivity contribution in [2.24, 2.45) is 0 Å². The van der Waals surface area contributed by atoms with E-state index in [1.807, 2.05) is 0 Å². The van der Waals surface area contributed by atoms with E-state index in [2.05, 4.69) is 9.97 Å². The van der Waals surface area contributed by atoms with Gasteiger partial charge in [-0.2, -0.15) is 4.39 Å². The molecule has 19 heavy (non-hydrogen) atoms. The first-order valence-corrected chi connectivity index (χ1v) is 5.52. The number of hydrogen-bond acceptors (Lipinski definition) is 3. The zero-order valence-electron chi connectivity index (χ0n) is 9.97. The molecule has 96 valence electrons. The molecule has 2 aromatic heterocycles. The van der Waals surface area contributed by atoms with Gasteiger partial charge in [0.05, 0.1) is 25.2 Å². The molecule has 0 bridgehead atoms. The standard InChI is InChI=1S/C13H9F2N3O/c1-19-10-3-2-8(12(14)13(10)15)9-6-17-11-7-16-4-5-18(9)11/h2-7H,1H3. The van der Waals surface area contributed by atoms with Crippen molar-refractivity contribution in [3.05, 3.63) is 48.6 Å². The lowest BCUT2D eigenvalue weighted by atomic mass is 10.1. The molecule has 0 N–H and O–H groups in total. The van der Waals surface area contributed by atoms with Gasteiger partial charge in [0, 0.05) is 18.0 Å². The molecule has 0 amide bonds. The van der Waals surface area contributed by atoms with Crippen LogP contribution in [0.25, 0.3) is 16.9 Å². The predicted octanol–water partition coefficient (Wildman–Crippen LogP) is 2.68.